The number of aliphatic carboxylic acids is 1. The topological polar surface area (TPSA) is 76.1 Å². The number of nitrogens with zero attached hydrogens (tertiary/aromatic N) is 1. The average Bonchev–Trinajstić information content (AvgIpc) is 2.65. The number of carbonyl (C=O) groups excluding carboxylic acids is 1. The molecule has 0 bridgehead atoms. The fourth-order valence-electron chi connectivity index (χ4n) is 2.45. The van der Waals surface area contributed by atoms with Crippen molar-refractivity contribution < 1.29 is 24.2 Å². The smallest absolute Gasteiger partial charge is 0.326 e. The van der Waals surface area contributed by atoms with Crippen molar-refractivity contribution in [2.45, 2.75) is 19.4 Å². The van der Waals surface area contributed by atoms with Gasteiger partial charge < -0.3 is 19.5 Å². The molecule has 2 aromatic rings. The number of amides is 1. The minimum Gasteiger partial charge on any atom is -0.494 e. The van der Waals surface area contributed by atoms with Gasteiger partial charge in [-0.1, -0.05) is 30.3 Å². The van der Waals surface area contributed by atoms with Crippen molar-refractivity contribution in [1.82, 2.24) is 4.90 Å². The molecule has 6 heteroatoms. The molecule has 2 aromatic carbocycles. The van der Waals surface area contributed by atoms with Gasteiger partial charge in [0, 0.05) is 13.5 Å². The Bertz CT molecular complexity index is 715. The summed E-state index contributed by atoms with van der Waals surface area (Å²) in [7, 11) is 1.48. The molecule has 0 spiro atoms. The van der Waals surface area contributed by atoms with Crippen LogP contribution in [0, 0.1) is 0 Å². The van der Waals surface area contributed by atoms with Crippen LogP contribution in [0.25, 0.3) is 0 Å². The molecule has 138 valence electrons. The van der Waals surface area contributed by atoms with Gasteiger partial charge in [0.1, 0.15) is 17.5 Å². The van der Waals surface area contributed by atoms with Gasteiger partial charge in [0.25, 0.3) is 5.91 Å². The molecule has 0 radical (unpaired) electrons. The van der Waals surface area contributed by atoms with Crippen LogP contribution in [0.15, 0.2) is 54.6 Å². The van der Waals surface area contributed by atoms with Crippen molar-refractivity contribution in [3.63, 3.8) is 0 Å². The molecule has 0 aliphatic heterocycles. The summed E-state index contributed by atoms with van der Waals surface area (Å²) in [5.41, 5.74) is 0.854. The highest BCUT2D eigenvalue weighted by Crippen LogP contribution is 2.17. The maximum absolute atomic E-state index is 12.3. The zero-order chi connectivity index (χ0) is 18.9. The second kappa shape index (κ2) is 9.46. The van der Waals surface area contributed by atoms with E-state index in [2.05, 4.69) is 0 Å². The van der Waals surface area contributed by atoms with Crippen molar-refractivity contribution in [2.75, 3.05) is 20.3 Å². The number of hydrogen-bond acceptors (Lipinski definition) is 4. The van der Waals surface area contributed by atoms with E-state index in [-0.39, 0.29) is 13.0 Å². The van der Waals surface area contributed by atoms with Crippen LogP contribution < -0.4 is 9.47 Å². The second-order valence-corrected chi connectivity index (χ2v) is 5.74. The van der Waals surface area contributed by atoms with Crippen molar-refractivity contribution in [3.8, 4) is 11.5 Å². The molecule has 1 N–H and O–H groups in total. The number of benzene rings is 2. The number of likely N-dealkylation sites (N-methyl/N-ethyl adjacent to an activating group) is 1. The molecule has 0 aromatic heterocycles. The SMILES string of the molecule is CCOc1ccc(OCC(=O)N(C)C(Cc2ccccc2)C(=O)O)cc1. The Morgan fingerprint density at radius 2 is 1.58 bits per heavy atom. The van der Waals surface area contributed by atoms with Gasteiger partial charge >= 0.3 is 5.97 Å². The molecule has 0 saturated carbocycles. The molecule has 0 heterocycles. The number of carbonyl (C=O) groups is 2. The van der Waals surface area contributed by atoms with Gasteiger partial charge in [0.2, 0.25) is 0 Å². The van der Waals surface area contributed by atoms with Crippen molar-refractivity contribution in [1.29, 1.82) is 0 Å². The molecule has 2 rings (SSSR count). The van der Waals surface area contributed by atoms with Gasteiger partial charge in [-0.25, -0.2) is 4.79 Å². The lowest BCUT2D eigenvalue weighted by Gasteiger charge is -2.25. The lowest BCUT2D eigenvalue weighted by atomic mass is 10.1. The number of ether oxygens (including phenoxy) is 2. The van der Waals surface area contributed by atoms with Crippen LogP contribution in [0.1, 0.15) is 12.5 Å². The molecule has 1 unspecified atom stereocenters. The summed E-state index contributed by atoms with van der Waals surface area (Å²) >= 11 is 0. The van der Waals surface area contributed by atoms with Gasteiger partial charge in [0.15, 0.2) is 6.61 Å². The Kier molecular flexibility index (Phi) is 7.02. The third-order valence-electron chi connectivity index (χ3n) is 3.91. The second-order valence-electron chi connectivity index (χ2n) is 5.74. The van der Waals surface area contributed by atoms with Crippen LogP contribution in [0.4, 0.5) is 0 Å². The van der Waals surface area contributed by atoms with Crippen LogP contribution in [0.5, 0.6) is 11.5 Å². The molecule has 1 atom stereocenters. The van der Waals surface area contributed by atoms with E-state index in [0.29, 0.717) is 12.4 Å². The van der Waals surface area contributed by atoms with Crippen molar-refractivity contribution >= 4 is 11.9 Å². The maximum atomic E-state index is 12.3. The minimum atomic E-state index is -1.05. The Morgan fingerprint density at radius 1 is 1.00 bits per heavy atom. The van der Waals surface area contributed by atoms with Crippen LogP contribution in [0.3, 0.4) is 0 Å². The van der Waals surface area contributed by atoms with Crippen molar-refractivity contribution in [3.05, 3.63) is 60.2 Å². The maximum Gasteiger partial charge on any atom is 0.326 e. The first-order valence-corrected chi connectivity index (χ1v) is 8.39. The van der Waals surface area contributed by atoms with E-state index in [1.807, 2.05) is 37.3 Å². The summed E-state index contributed by atoms with van der Waals surface area (Å²) in [6.07, 6.45) is 0.238. The van der Waals surface area contributed by atoms with Crippen LogP contribution in [0.2, 0.25) is 0 Å². The van der Waals surface area contributed by atoms with E-state index in [4.69, 9.17) is 9.47 Å². The Morgan fingerprint density at radius 3 is 2.12 bits per heavy atom. The van der Waals surface area contributed by atoms with Crippen LogP contribution >= 0.6 is 0 Å². The highest BCUT2D eigenvalue weighted by atomic mass is 16.5. The minimum absolute atomic E-state index is 0.233. The fourth-order valence-corrected chi connectivity index (χ4v) is 2.45. The van der Waals surface area contributed by atoms with E-state index < -0.39 is 17.9 Å². The molecular formula is C20H23NO5. The van der Waals surface area contributed by atoms with Gasteiger partial charge in [-0.05, 0) is 36.8 Å². The highest BCUT2D eigenvalue weighted by molar-refractivity contribution is 5.84. The summed E-state index contributed by atoms with van der Waals surface area (Å²) < 4.78 is 10.8. The summed E-state index contributed by atoms with van der Waals surface area (Å²) in [6.45, 7) is 2.23. The molecule has 0 aliphatic carbocycles. The third-order valence-corrected chi connectivity index (χ3v) is 3.91. The molecular weight excluding hydrogens is 334 g/mol. The monoisotopic (exact) mass is 357 g/mol. The highest BCUT2D eigenvalue weighted by Gasteiger charge is 2.27. The van der Waals surface area contributed by atoms with E-state index in [1.165, 1.54) is 11.9 Å². The Labute approximate surface area is 153 Å². The first kappa shape index (κ1) is 19.3. The zero-order valence-electron chi connectivity index (χ0n) is 14.9. The average molecular weight is 357 g/mol. The van der Waals surface area contributed by atoms with Crippen LogP contribution in [-0.2, 0) is 16.0 Å². The first-order chi connectivity index (χ1) is 12.5. The van der Waals surface area contributed by atoms with Gasteiger partial charge in [-0.2, -0.15) is 0 Å². The van der Waals surface area contributed by atoms with Gasteiger partial charge in [-0.3, -0.25) is 4.79 Å². The molecule has 0 saturated heterocycles. The molecule has 6 nitrogen and oxygen atoms in total. The number of rotatable bonds is 9. The van der Waals surface area contributed by atoms with E-state index in [0.717, 1.165) is 11.3 Å². The van der Waals surface area contributed by atoms with Gasteiger partial charge in [0.05, 0.1) is 6.61 Å². The lowest BCUT2D eigenvalue weighted by molar-refractivity contribution is -0.149. The predicted octanol–water partition coefficient (Wildman–Crippen LogP) is 2.62. The summed E-state index contributed by atoms with van der Waals surface area (Å²) in [5, 5.41) is 9.47. The largest absolute Gasteiger partial charge is 0.494 e. The predicted molar refractivity (Wildman–Crippen MR) is 97.4 cm³/mol. The number of carboxylic acids is 1. The normalized spacial score (nSPS) is 11.5. The zero-order valence-corrected chi connectivity index (χ0v) is 14.9. The standard InChI is InChI=1S/C20H23NO5/c1-3-25-16-9-11-17(12-10-16)26-14-19(22)21(2)18(20(23)24)13-15-7-5-4-6-8-15/h4-12,18H,3,13-14H2,1-2H3,(H,23,24). The number of hydrogen-bond donors (Lipinski definition) is 1. The fraction of sp³-hybridized carbons (Fsp3) is 0.300. The summed E-state index contributed by atoms with van der Waals surface area (Å²) in [4.78, 5) is 25.1. The van der Waals surface area contributed by atoms with E-state index in [1.54, 1.807) is 24.3 Å². The quantitative estimate of drug-likeness (QED) is 0.747. The number of carboxylic acid groups (broad SMARTS) is 1. The molecule has 26 heavy (non-hydrogen) atoms. The Balaban J connectivity index is 1.94. The third kappa shape index (κ3) is 5.51. The van der Waals surface area contributed by atoms with Gasteiger partial charge in [-0.15, -0.1) is 0 Å². The summed E-state index contributed by atoms with van der Waals surface area (Å²) in [5.74, 6) is -0.213. The molecule has 1 amide bonds. The summed E-state index contributed by atoms with van der Waals surface area (Å²) in [6, 6.07) is 15.2. The lowest BCUT2D eigenvalue weighted by Crippen LogP contribution is -2.45. The Hall–Kier alpha value is -3.02. The van der Waals surface area contributed by atoms with Crippen LogP contribution in [-0.4, -0.2) is 48.2 Å². The molecule has 0 fully saturated rings. The van der Waals surface area contributed by atoms with E-state index >= 15 is 0 Å². The van der Waals surface area contributed by atoms with E-state index in [9.17, 15) is 14.7 Å². The molecule has 0 aliphatic rings. The van der Waals surface area contributed by atoms with Crippen molar-refractivity contribution in [2.24, 2.45) is 0 Å². The first-order valence-electron chi connectivity index (χ1n) is 8.39.